The van der Waals surface area contributed by atoms with E-state index in [0.717, 1.165) is 52.1 Å². The zero-order chi connectivity index (χ0) is 19.1. The van der Waals surface area contributed by atoms with E-state index in [1.54, 1.807) is 0 Å². The standard InChI is InChI=1S/C24H25NO2/c1-15-11-12-17(3)21(13-15)25-20-9-6-10-22(26)24(20)19(14-23(25)27)18-8-5-4-7-16(18)2/h4-5,7-8,11-13,19H,6,9-10,14H2,1-3H3. The summed E-state index contributed by atoms with van der Waals surface area (Å²) in [4.78, 5) is 28.1. The number of ketones is 1. The summed E-state index contributed by atoms with van der Waals surface area (Å²) >= 11 is 0. The average Bonchev–Trinajstić information content (AvgIpc) is 2.64. The van der Waals surface area contributed by atoms with Crippen molar-refractivity contribution in [3.63, 3.8) is 0 Å². The van der Waals surface area contributed by atoms with Gasteiger partial charge >= 0.3 is 0 Å². The number of carbonyl (C=O) groups is 2. The van der Waals surface area contributed by atoms with Crippen molar-refractivity contribution in [2.75, 3.05) is 4.90 Å². The molecule has 27 heavy (non-hydrogen) atoms. The fourth-order valence-electron chi connectivity index (χ4n) is 4.48. The van der Waals surface area contributed by atoms with Gasteiger partial charge < -0.3 is 0 Å². The quantitative estimate of drug-likeness (QED) is 0.744. The molecule has 0 saturated heterocycles. The van der Waals surface area contributed by atoms with Crippen LogP contribution < -0.4 is 4.90 Å². The smallest absolute Gasteiger partial charge is 0.232 e. The van der Waals surface area contributed by atoms with E-state index < -0.39 is 0 Å². The monoisotopic (exact) mass is 359 g/mol. The first-order valence-electron chi connectivity index (χ1n) is 9.69. The van der Waals surface area contributed by atoms with Crippen molar-refractivity contribution in [2.45, 2.75) is 52.4 Å². The summed E-state index contributed by atoms with van der Waals surface area (Å²) in [5.74, 6) is 0.167. The average molecular weight is 359 g/mol. The van der Waals surface area contributed by atoms with E-state index in [0.29, 0.717) is 12.8 Å². The second kappa shape index (κ2) is 6.80. The molecule has 0 saturated carbocycles. The van der Waals surface area contributed by atoms with Crippen LogP contribution in [0.5, 0.6) is 0 Å². The highest BCUT2D eigenvalue weighted by Gasteiger charge is 2.40. The van der Waals surface area contributed by atoms with Crippen molar-refractivity contribution < 1.29 is 9.59 Å². The Hall–Kier alpha value is -2.68. The summed E-state index contributed by atoms with van der Waals surface area (Å²) in [6, 6.07) is 14.3. The fourth-order valence-corrected chi connectivity index (χ4v) is 4.48. The van der Waals surface area contributed by atoms with E-state index >= 15 is 0 Å². The molecule has 1 amide bonds. The Balaban J connectivity index is 1.91. The van der Waals surface area contributed by atoms with Crippen LogP contribution in [0.15, 0.2) is 53.7 Å². The van der Waals surface area contributed by atoms with Crippen LogP contribution in [0.3, 0.4) is 0 Å². The highest BCUT2D eigenvalue weighted by molar-refractivity contribution is 6.07. The number of allylic oxidation sites excluding steroid dienone is 2. The minimum atomic E-state index is -0.122. The molecule has 1 aliphatic carbocycles. The Bertz CT molecular complexity index is 970. The van der Waals surface area contributed by atoms with Gasteiger partial charge in [0.05, 0.1) is 5.69 Å². The SMILES string of the molecule is Cc1ccc(C)c(N2C(=O)CC(c3ccccc3C)C3=C2CCCC3=O)c1. The third-order valence-electron chi connectivity index (χ3n) is 5.84. The highest BCUT2D eigenvalue weighted by Crippen LogP contribution is 2.44. The normalized spacial score (nSPS) is 20.1. The number of rotatable bonds is 2. The van der Waals surface area contributed by atoms with Gasteiger partial charge in [0.15, 0.2) is 5.78 Å². The van der Waals surface area contributed by atoms with E-state index in [2.05, 4.69) is 37.3 Å². The molecule has 0 bridgehead atoms. The number of benzene rings is 2. The van der Waals surface area contributed by atoms with Gasteiger partial charge in [-0.05, 0) is 61.9 Å². The van der Waals surface area contributed by atoms with Crippen LogP contribution in [0, 0.1) is 20.8 Å². The summed E-state index contributed by atoms with van der Waals surface area (Å²) in [6.45, 7) is 6.12. The molecule has 0 aromatic heterocycles. The fraction of sp³-hybridized carbons (Fsp3) is 0.333. The molecule has 0 radical (unpaired) electrons. The zero-order valence-electron chi connectivity index (χ0n) is 16.2. The molecule has 2 aromatic rings. The maximum Gasteiger partial charge on any atom is 0.232 e. The molecule has 2 aromatic carbocycles. The van der Waals surface area contributed by atoms with Gasteiger partial charge in [0.25, 0.3) is 0 Å². The Morgan fingerprint density at radius 1 is 0.926 bits per heavy atom. The lowest BCUT2D eigenvalue weighted by molar-refractivity contribution is -0.119. The molecule has 3 heteroatoms. The molecule has 4 rings (SSSR count). The van der Waals surface area contributed by atoms with Crippen LogP contribution in [0.1, 0.15) is 53.9 Å². The van der Waals surface area contributed by atoms with Crippen molar-refractivity contribution in [2.24, 2.45) is 0 Å². The van der Waals surface area contributed by atoms with E-state index in [4.69, 9.17) is 0 Å². The van der Waals surface area contributed by atoms with Crippen LogP contribution in [-0.4, -0.2) is 11.7 Å². The van der Waals surface area contributed by atoms with Crippen LogP contribution in [0.4, 0.5) is 5.69 Å². The minimum Gasteiger partial charge on any atom is -0.294 e. The first-order valence-corrected chi connectivity index (χ1v) is 9.69. The lowest BCUT2D eigenvalue weighted by atomic mass is 9.76. The van der Waals surface area contributed by atoms with Crippen molar-refractivity contribution in [1.82, 2.24) is 0 Å². The van der Waals surface area contributed by atoms with Gasteiger partial charge in [0.1, 0.15) is 0 Å². The summed E-state index contributed by atoms with van der Waals surface area (Å²) in [7, 11) is 0. The largest absolute Gasteiger partial charge is 0.294 e. The van der Waals surface area contributed by atoms with Gasteiger partial charge in [0, 0.05) is 30.0 Å². The molecular weight excluding hydrogens is 334 g/mol. The van der Waals surface area contributed by atoms with Crippen LogP contribution in [0.25, 0.3) is 0 Å². The van der Waals surface area contributed by atoms with E-state index in [1.165, 1.54) is 0 Å². The third-order valence-corrected chi connectivity index (χ3v) is 5.84. The molecule has 1 heterocycles. The Labute approximate surface area is 160 Å². The number of nitrogens with zero attached hydrogens (tertiary/aromatic N) is 1. The predicted octanol–water partition coefficient (Wildman–Crippen LogP) is 5.14. The second-order valence-electron chi connectivity index (χ2n) is 7.77. The maximum absolute atomic E-state index is 13.3. The molecule has 1 unspecified atom stereocenters. The number of Topliss-reactive ketones (excluding diaryl/α,β-unsaturated/α-hetero) is 1. The Morgan fingerprint density at radius 2 is 1.70 bits per heavy atom. The summed E-state index contributed by atoms with van der Waals surface area (Å²) in [6.07, 6.45) is 2.52. The molecule has 1 atom stereocenters. The van der Waals surface area contributed by atoms with Gasteiger partial charge in [-0.15, -0.1) is 0 Å². The number of anilines is 1. The van der Waals surface area contributed by atoms with Gasteiger partial charge in [-0.2, -0.15) is 0 Å². The van der Waals surface area contributed by atoms with Crippen molar-refractivity contribution in [3.8, 4) is 0 Å². The van der Waals surface area contributed by atoms with Crippen LogP contribution in [-0.2, 0) is 9.59 Å². The first kappa shape index (κ1) is 17.7. The molecule has 3 nitrogen and oxygen atoms in total. The lowest BCUT2D eigenvalue weighted by Crippen LogP contribution is -2.41. The Kier molecular flexibility index (Phi) is 4.47. The predicted molar refractivity (Wildman–Crippen MR) is 108 cm³/mol. The van der Waals surface area contributed by atoms with E-state index in [-0.39, 0.29) is 17.6 Å². The van der Waals surface area contributed by atoms with Crippen molar-refractivity contribution in [3.05, 3.63) is 76.0 Å². The lowest BCUT2D eigenvalue weighted by Gasteiger charge is -2.39. The van der Waals surface area contributed by atoms with Crippen molar-refractivity contribution >= 4 is 17.4 Å². The van der Waals surface area contributed by atoms with Gasteiger partial charge in [-0.25, -0.2) is 0 Å². The van der Waals surface area contributed by atoms with Crippen molar-refractivity contribution in [1.29, 1.82) is 0 Å². The van der Waals surface area contributed by atoms with Crippen LogP contribution in [0.2, 0.25) is 0 Å². The molecular formula is C24H25NO2. The zero-order valence-corrected chi connectivity index (χ0v) is 16.2. The Morgan fingerprint density at radius 3 is 2.48 bits per heavy atom. The molecule has 138 valence electrons. The second-order valence-corrected chi connectivity index (χ2v) is 7.77. The number of hydrogen-bond donors (Lipinski definition) is 0. The molecule has 2 aliphatic rings. The number of hydrogen-bond acceptors (Lipinski definition) is 2. The number of amides is 1. The first-order chi connectivity index (χ1) is 13.0. The number of aryl methyl sites for hydroxylation is 3. The van der Waals surface area contributed by atoms with E-state index in [1.807, 2.05) is 30.9 Å². The van der Waals surface area contributed by atoms with Gasteiger partial charge in [-0.3, -0.25) is 14.5 Å². The minimum absolute atomic E-state index is 0.0883. The topological polar surface area (TPSA) is 37.4 Å². The van der Waals surface area contributed by atoms with Crippen LogP contribution >= 0.6 is 0 Å². The highest BCUT2D eigenvalue weighted by atomic mass is 16.2. The summed E-state index contributed by atoms with van der Waals surface area (Å²) < 4.78 is 0. The molecule has 0 fully saturated rings. The van der Waals surface area contributed by atoms with E-state index in [9.17, 15) is 9.59 Å². The maximum atomic E-state index is 13.3. The summed E-state index contributed by atoms with van der Waals surface area (Å²) in [5, 5.41) is 0. The summed E-state index contributed by atoms with van der Waals surface area (Å²) in [5.41, 5.74) is 7.13. The number of carbonyl (C=O) groups excluding carboxylic acids is 2. The van der Waals surface area contributed by atoms with Gasteiger partial charge in [-0.1, -0.05) is 36.4 Å². The van der Waals surface area contributed by atoms with Gasteiger partial charge in [0.2, 0.25) is 5.91 Å². The molecule has 1 aliphatic heterocycles. The third kappa shape index (κ3) is 3.01. The molecule has 0 N–H and O–H groups in total. The molecule has 0 spiro atoms.